The molecule has 0 spiro atoms. The summed E-state index contributed by atoms with van der Waals surface area (Å²) in [4.78, 5) is 24.4. The van der Waals surface area contributed by atoms with E-state index in [1.54, 1.807) is 12.3 Å². The van der Waals surface area contributed by atoms with E-state index in [1.807, 2.05) is 12.1 Å². The van der Waals surface area contributed by atoms with Crippen LogP contribution in [0.3, 0.4) is 0 Å². The maximum absolute atomic E-state index is 11.0. The van der Waals surface area contributed by atoms with Gasteiger partial charge < -0.3 is 19.6 Å². The second-order valence-electron chi connectivity index (χ2n) is 7.86. The van der Waals surface area contributed by atoms with Crippen LogP contribution < -0.4 is 9.64 Å². The molecule has 4 rings (SSSR count). The number of anilines is 1. The van der Waals surface area contributed by atoms with E-state index in [0.29, 0.717) is 18.5 Å². The number of carboxylic acids is 1. The van der Waals surface area contributed by atoms with Crippen molar-refractivity contribution in [2.75, 3.05) is 31.1 Å². The molecule has 1 atom stereocenters. The van der Waals surface area contributed by atoms with Crippen LogP contribution in [-0.2, 0) is 13.0 Å². The number of ether oxygens (including phenoxy) is 1. The lowest BCUT2D eigenvalue weighted by Gasteiger charge is -2.30. The maximum Gasteiger partial charge on any atom is 0.354 e. The Bertz CT molecular complexity index is 856. The molecule has 7 heteroatoms. The number of carboxylic acid groups (broad SMARTS) is 1. The van der Waals surface area contributed by atoms with Crippen LogP contribution in [0.15, 0.2) is 30.5 Å². The normalized spacial score (nSPS) is 19.2. The van der Waals surface area contributed by atoms with E-state index in [9.17, 15) is 4.79 Å². The molecule has 0 amide bonds. The van der Waals surface area contributed by atoms with E-state index in [2.05, 4.69) is 27.8 Å². The molecular formula is C22H28N4O3. The van der Waals surface area contributed by atoms with Crippen molar-refractivity contribution in [2.24, 2.45) is 0 Å². The van der Waals surface area contributed by atoms with Crippen molar-refractivity contribution in [2.45, 2.75) is 45.2 Å². The first-order valence-electron chi connectivity index (χ1n) is 10.4. The number of hydrogen-bond donors (Lipinski definition) is 1. The van der Waals surface area contributed by atoms with Crippen molar-refractivity contribution in [3.63, 3.8) is 0 Å². The van der Waals surface area contributed by atoms with Crippen molar-refractivity contribution in [1.29, 1.82) is 0 Å². The van der Waals surface area contributed by atoms with E-state index >= 15 is 0 Å². The highest BCUT2D eigenvalue weighted by molar-refractivity contribution is 5.85. The number of hydrogen-bond acceptors (Lipinski definition) is 6. The Hall–Kier alpha value is -2.67. The molecule has 2 aromatic rings. The molecule has 29 heavy (non-hydrogen) atoms. The fourth-order valence-corrected chi connectivity index (χ4v) is 4.17. The molecule has 1 fully saturated rings. The molecule has 154 valence electrons. The Morgan fingerprint density at radius 2 is 2.17 bits per heavy atom. The Balaban J connectivity index is 1.30. The monoisotopic (exact) mass is 396 g/mol. The van der Waals surface area contributed by atoms with Crippen LogP contribution in [0.4, 0.5) is 5.69 Å². The molecule has 2 aliphatic rings. The average Bonchev–Trinajstić information content (AvgIpc) is 3.15. The molecule has 1 saturated heterocycles. The maximum atomic E-state index is 11.0. The van der Waals surface area contributed by atoms with Gasteiger partial charge in [0.05, 0.1) is 24.2 Å². The van der Waals surface area contributed by atoms with Gasteiger partial charge in [-0.25, -0.2) is 14.8 Å². The first kappa shape index (κ1) is 19.6. The zero-order chi connectivity index (χ0) is 20.2. The first-order valence-corrected chi connectivity index (χ1v) is 10.4. The van der Waals surface area contributed by atoms with Gasteiger partial charge in [-0.05, 0) is 50.4 Å². The second-order valence-corrected chi connectivity index (χ2v) is 7.86. The minimum Gasteiger partial charge on any atom is -0.478 e. The smallest absolute Gasteiger partial charge is 0.354 e. The topological polar surface area (TPSA) is 78.8 Å². The number of fused-ring (bicyclic) bond motifs is 1. The van der Waals surface area contributed by atoms with Crippen molar-refractivity contribution in [3.05, 3.63) is 47.4 Å². The van der Waals surface area contributed by atoms with E-state index in [-0.39, 0.29) is 5.69 Å². The molecule has 0 bridgehead atoms. The molecule has 7 nitrogen and oxygen atoms in total. The molecule has 2 aromatic heterocycles. The summed E-state index contributed by atoms with van der Waals surface area (Å²) in [5.74, 6) is -0.300. The minimum atomic E-state index is -1.01. The lowest BCUT2D eigenvalue weighted by molar-refractivity contribution is 0.0690. The van der Waals surface area contributed by atoms with Gasteiger partial charge in [0.15, 0.2) is 0 Å². The number of pyridine rings is 2. The van der Waals surface area contributed by atoms with Gasteiger partial charge in [-0.2, -0.15) is 0 Å². The summed E-state index contributed by atoms with van der Waals surface area (Å²) >= 11 is 0. The van der Waals surface area contributed by atoms with Gasteiger partial charge in [0, 0.05) is 38.2 Å². The van der Waals surface area contributed by atoms with E-state index < -0.39 is 5.97 Å². The largest absolute Gasteiger partial charge is 0.478 e. The van der Waals surface area contributed by atoms with Crippen LogP contribution in [0.2, 0.25) is 0 Å². The van der Waals surface area contributed by atoms with Gasteiger partial charge in [-0.15, -0.1) is 0 Å². The van der Waals surface area contributed by atoms with Gasteiger partial charge in [-0.3, -0.25) is 0 Å². The van der Waals surface area contributed by atoms with Gasteiger partial charge in [0.2, 0.25) is 5.88 Å². The Labute approximate surface area is 171 Å². The lowest BCUT2D eigenvalue weighted by atomic mass is 10.1. The SMILES string of the molecule is C[C@@H]1CCCN1CCCOc1ccc2c(n1)CCN(c1ccc(C(=O)O)nc1)C2. The number of aromatic nitrogens is 2. The van der Waals surface area contributed by atoms with Gasteiger partial charge >= 0.3 is 5.97 Å². The van der Waals surface area contributed by atoms with Gasteiger partial charge in [0.1, 0.15) is 5.69 Å². The highest BCUT2D eigenvalue weighted by Crippen LogP contribution is 2.25. The Morgan fingerprint density at radius 3 is 2.90 bits per heavy atom. The van der Waals surface area contributed by atoms with Crippen LogP contribution in [0.5, 0.6) is 5.88 Å². The van der Waals surface area contributed by atoms with Crippen LogP contribution in [0.1, 0.15) is 47.9 Å². The molecule has 0 aliphatic carbocycles. The second kappa shape index (κ2) is 8.78. The van der Waals surface area contributed by atoms with Crippen LogP contribution in [-0.4, -0.2) is 58.2 Å². The molecule has 0 radical (unpaired) electrons. The van der Waals surface area contributed by atoms with Crippen LogP contribution in [0.25, 0.3) is 0 Å². The van der Waals surface area contributed by atoms with E-state index in [0.717, 1.165) is 43.9 Å². The molecule has 2 aliphatic heterocycles. The minimum absolute atomic E-state index is 0.0637. The van der Waals surface area contributed by atoms with Gasteiger partial charge in [-0.1, -0.05) is 6.07 Å². The van der Waals surface area contributed by atoms with Crippen LogP contribution in [0, 0.1) is 0 Å². The van der Waals surface area contributed by atoms with Crippen molar-refractivity contribution >= 4 is 11.7 Å². The Kier molecular flexibility index (Phi) is 5.94. The summed E-state index contributed by atoms with van der Waals surface area (Å²) < 4.78 is 5.90. The molecule has 0 saturated carbocycles. The van der Waals surface area contributed by atoms with Gasteiger partial charge in [0.25, 0.3) is 0 Å². The summed E-state index contributed by atoms with van der Waals surface area (Å²) in [6.07, 6.45) is 6.10. The zero-order valence-electron chi connectivity index (χ0n) is 16.9. The molecule has 0 unspecified atom stereocenters. The lowest BCUT2D eigenvalue weighted by Crippen LogP contribution is -2.31. The predicted molar refractivity (Wildman–Crippen MR) is 111 cm³/mol. The summed E-state index contributed by atoms with van der Waals surface area (Å²) in [6.45, 7) is 6.87. The van der Waals surface area contributed by atoms with Crippen molar-refractivity contribution < 1.29 is 14.6 Å². The summed E-state index contributed by atoms with van der Waals surface area (Å²) in [6, 6.07) is 8.10. The first-order chi connectivity index (χ1) is 14.1. The predicted octanol–water partition coefficient (Wildman–Crippen LogP) is 2.99. The molecule has 4 heterocycles. The number of likely N-dealkylation sites (tertiary alicyclic amines) is 1. The average molecular weight is 396 g/mol. The third kappa shape index (κ3) is 4.67. The molecular weight excluding hydrogens is 368 g/mol. The highest BCUT2D eigenvalue weighted by atomic mass is 16.5. The third-order valence-electron chi connectivity index (χ3n) is 5.88. The highest BCUT2D eigenvalue weighted by Gasteiger charge is 2.20. The van der Waals surface area contributed by atoms with E-state index in [1.165, 1.54) is 24.9 Å². The zero-order valence-corrected chi connectivity index (χ0v) is 16.9. The van der Waals surface area contributed by atoms with Crippen LogP contribution >= 0.6 is 0 Å². The van der Waals surface area contributed by atoms with E-state index in [4.69, 9.17) is 14.8 Å². The number of rotatable bonds is 7. The number of carbonyl (C=O) groups is 1. The third-order valence-corrected chi connectivity index (χ3v) is 5.88. The summed E-state index contributed by atoms with van der Waals surface area (Å²) in [5, 5.41) is 8.99. The summed E-state index contributed by atoms with van der Waals surface area (Å²) in [7, 11) is 0. The standard InChI is InChI=1S/C22H28N4O3/c1-16-4-2-10-25(16)11-3-13-29-21-8-5-17-15-26(12-9-19(17)24-21)18-6-7-20(22(27)28)23-14-18/h5-8,14,16H,2-4,9-13,15H2,1H3,(H,27,28)/t16-/m1/s1. The number of aromatic carboxylic acids is 1. The fraction of sp³-hybridized carbons (Fsp3) is 0.500. The quantitative estimate of drug-likeness (QED) is 0.721. The van der Waals surface area contributed by atoms with Crippen molar-refractivity contribution in [3.8, 4) is 5.88 Å². The van der Waals surface area contributed by atoms with Crippen molar-refractivity contribution in [1.82, 2.24) is 14.9 Å². The molecule has 1 N–H and O–H groups in total. The fourth-order valence-electron chi connectivity index (χ4n) is 4.17. The number of nitrogens with zero attached hydrogens (tertiary/aromatic N) is 4. The molecule has 0 aromatic carbocycles. The summed E-state index contributed by atoms with van der Waals surface area (Å²) in [5.41, 5.74) is 3.25. The Morgan fingerprint density at radius 1 is 1.28 bits per heavy atom.